The lowest BCUT2D eigenvalue weighted by molar-refractivity contribution is 0.0585. The summed E-state index contributed by atoms with van der Waals surface area (Å²) in [4.78, 5) is 15.2. The van der Waals surface area contributed by atoms with Crippen LogP contribution >= 0.6 is 0 Å². The average molecular weight is 209 g/mol. The number of pyridine rings is 1. The molecule has 0 N–H and O–H groups in total. The number of methoxy groups -OCH3 is 1. The second-order valence-corrected chi connectivity index (χ2v) is 4.08. The Morgan fingerprint density at radius 3 is 2.60 bits per heavy atom. The molecule has 0 aliphatic rings. The van der Waals surface area contributed by atoms with Crippen LogP contribution in [0.25, 0.3) is 0 Å². The zero-order chi connectivity index (χ0) is 11.5. The fourth-order valence-corrected chi connectivity index (χ4v) is 1.06. The van der Waals surface area contributed by atoms with Gasteiger partial charge in [0.15, 0.2) is 0 Å². The maximum absolute atomic E-state index is 11.4. The summed E-state index contributed by atoms with van der Waals surface area (Å²) in [6.07, 6.45) is 3.01. The number of nitrogens with zero attached hydrogens (tertiary/aromatic N) is 1. The van der Waals surface area contributed by atoms with E-state index in [-0.39, 0.29) is 5.60 Å². The first-order chi connectivity index (χ1) is 6.94. The molecule has 0 aliphatic carbocycles. The lowest BCUT2D eigenvalue weighted by atomic mass is 10.2. The Morgan fingerprint density at radius 1 is 1.40 bits per heavy atom. The van der Waals surface area contributed by atoms with Gasteiger partial charge in [-0.15, -0.1) is 0 Å². The Kier molecular flexibility index (Phi) is 3.29. The Bertz CT molecular complexity index is 355. The number of hydrogen-bond acceptors (Lipinski definition) is 4. The fraction of sp³-hybridized carbons (Fsp3) is 0.455. The van der Waals surface area contributed by atoms with Crippen LogP contribution in [0.1, 0.15) is 31.1 Å². The minimum absolute atomic E-state index is 0.343. The van der Waals surface area contributed by atoms with E-state index in [4.69, 9.17) is 4.74 Å². The maximum atomic E-state index is 11.4. The van der Waals surface area contributed by atoms with Gasteiger partial charge in [-0.2, -0.15) is 0 Å². The van der Waals surface area contributed by atoms with Gasteiger partial charge in [-0.3, -0.25) is 4.98 Å². The number of hydrogen-bond donors (Lipinski definition) is 0. The largest absolute Gasteiger partial charge is 0.487 e. The third-order valence-electron chi connectivity index (χ3n) is 1.60. The van der Waals surface area contributed by atoms with Crippen LogP contribution in [-0.2, 0) is 4.74 Å². The molecule has 0 radical (unpaired) electrons. The van der Waals surface area contributed by atoms with Gasteiger partial charge >= 0.3 is 5.97 Å². The highest BCUT2D eigenvalue weighted by molar-refractivity contribution is 5.91. The van der Waals surface area contributed by atoms with Gasteiger partial charge in [0.2, 0.25) is 0 Å². The molecule has 1 rings (SSSR count). The standard InChI is InChI=1S/C11H15NO3/c1-11(2,3)15-9-5-6-12-7-8(9)10(13)14-4/h5-7H,1-4H3. The van der Waals surface area contributed by atoms with Crippen molar-refractivity contribution in [3.05, 3.63) is 24.0 Å². The Morgan fingerprint density at radius 2 is 2.07 bits per heavy atom. The number of ether oxygens (including phenoxy) is 2. The molecule has 82 valence electrons. The molecule has 0 amide bonds. The minimum atomic E-state index is -0.442. The van der Waals surface area contributed by atoms with E-state index < -0.39 is 5.97 Å². The van der Waals surface area contributed by atoms with E-state index in [1.54, 1.807) is 12.3 Å². The molecule has 4 heteroatoms. The first kappa shape index (κ1) is 11.5. The average Bonchev–Trinajstić information content (AvgIpc) is 2.15. The molecule has 0 unspecified atom stereocenters. The van der Waals surface area contributed by atoms with Crippen LogP contribution in [0.2, 0.25) is 0 Å². The summed E-state index contributed by atoms with van der Waals surface area (Å²) < 4.78 is 10.2. The van der Waals surface area contributed by atoms with Crippen molar-refractivity contribution in [3.8, 4) is 5.75 Å². The minimum Gasteiger partial charge on any atom is -0.487 e. The van der Waals surface area contributed by atoms with Crippen molar-refractivity contribution >= 4 is 5.97 Å². The molecule has 1 aromatic heterocycles. The molecule has 0 bridgehead atoms. The molecule has 1 aromatic rings. The second-order valence-electron chi connectivity index (χ2n) is 4.08. The number of rotatable bonds is 2. The third kappa shape index (κ3) is 3.23. The van der Waals surface area contributed by atoms with Gasteiger partial charge < -0.3 is 9.47 Å². The van der Waals surface area contributed by atoms with E-state index >= 15 is 0 Å². The zero-order valence-corrected chi connectivity index (χ0v) is 9.40. The molecular weight excluding hydrogens is 194 g/mol. The van der Waals surface area contributed by atoms with Crippen molar-refractivity contribution in [2.45, 2.75) is 26.4 Å². The molecule has 0 fully saturated rings. The topological polar surface area (TPSA) is 48.4 Å². The van der Waals surface area contributed by atoms with Crippen LogP contribution in [0.3, 0.4) is 0 Å². The third-order valence-corrected chi connectivity index (χ3v) is 1.60. The first-order valence-electron chi connectivity index (χ1n) is 4.65. The van der Waals surface area contributed by atoms with Crippen LogP contribution in [0.15, 0.2) is 18.5 Å². The van der Waals surface area contributed by atoms with Gasteiger partial charge in [0.25, 0.3) is 0 Å². The van der Waals surface area contributed by atoms with E-state index in [2.05, 4.69) is 9.72 Å². The Hall–Kier alpha value is -1.58. The summed E-state index contributed by atoms with van der Waals surface area (Å²) in [5.41, 5.74) is -0.0145. The van der Waals surface area contributed by atoms with E-state index in [1.807, 2.05) is 20.8 Å². The quantitative estimate of drug-likeness (QED) is 0.699. The molecule has 1 heterocycles. The van der Waals surface area contributed by atoms with Crippen molar-refractivity contribution in [2.24, 2.45) is 0 Å². The van der Waals surface area contributed by atoms with Gasteiger partial charge in [-0.05, 0) is 26.8 Å². The Labute approximate surface area is 89.2 Å². The van der Waals surface area contributed by atoms with Gasteiger partial charge in [-0.1, -0.05) is 0 Å². The predicted octanol–water partition coefficient (Wildman–Crippen LogP) is 2.05. The summed E-state index contributed by atoms with van der Waals surface area (Å²) in [6.45, 7) is 5.73. The summed E-state index contributed by atoms with van der Waals surface area (Å²) in [5, 5.41) is 0. The van der Waals surface area contributed by atoms with E-state index in [9.17, 15) is 4.79 Å². The van der Waals surface area contributed by atoms with Crippen molar-refractivity contribution < 1.29 is 14.3 Å². The van der Waals surface area contributed by atoms with Crippen molar-refractivity contribution in [1.82, 2.24) is 4.98 Å². The SMILES string of the molecule is COC(=O)c1cnccc1OC(C)(C)C. The molecule has 0 aromatic carbocycles. The number of carbonyl (C=O) groups is 1. The molecule has 0 aliphatic heterocycles. The maximum Gasteiger partial charge on any atom is 0.343 e. The lowest BCUT2D eigenvalue weighted by Gasteiger charge is -2.22. The van der Waals surface area contributed by atoms with Crippen LogP contribution in [-0.4, -0.2) is 23.7 Å². The van der Waals surface area contributed by atoms with Crippen LogP contribution in [0.4, 0.5) is 0 Å². The summed E-state index contributed by atoms with van der Waals surface area (Å²) in [7, 11) is 1.33. The Balaban J connectivity index is 3.02. The van der Waals surface area contributed by atoms with Crippen molar-refractivity contribution in [3.63, 3.8) is 0 Å². The summed E-state index contributed by atoms with van der Waals surface area (Å²) in [5.74, 6) is 0.0479. The van der Waals surface area contributed by atoms with E-state index in [0.717, 1.165) is 0 Å². The van der Waals surface area contributed by atoms with E-state index in [0.29, 0.717) is 11.3 Å². The smallest absolute Gasteiger partial charge is 0.343 e. The molecular formula is C11H15NO3. The predicted molar refractivity (Wildman–Crippen MR) is 56.0 cm³/mol. The second kappa shape index (κ2) is 4.29. The van der Waals surface area contributed by atoms with Crippen molar-refractivity contribution in [1.29, 1.82) is 0 Å². The highest BCUT2D eigenvalue weighted by Gasteiger charge is 2.18. The zero-order valence-electron chi connectivity index (χ0n) is 9.40. The highest BCUT2D eigenvalue weighted by Crippen LogP contribution is 2.22. The van der Waals surface area contributed by atoms with Crippen molar-refractivity contribution in [2.75, 3.05) is 7.11 Å². The van der Waals surface area contributed by atoms with Gasteiger partial charge in [-0.25, -0.2) is 4.79 Å². The summed E-state index contributed by atoms with van der Waals surface area (Å²) >= 11 is 0. The molecule has 0 atom stereocenters. The van der Waals surface area contributed by atoms with Gasteiger partial charge in [0.05, 0.1) is 7.11 Å². The normalized spacial score (nSPS) is 10.9. The first-order valence-corrected chi connectivity index (χ1v) is 4.65. The van der Waals surface area contributed by atoms with Gasteiger partial charge in [0.1, 0.15) is 16.9 Å². The molecule has 4 nitrogen and oxygen atoms in total. The number of aromatic nitrogens is 1. The molecule has 15 heavy (non-hydrogen) atoms. The monoisotopic (exact) mass is 209 g/mol. The van der Waals surface area contributed by atoms with Crippen LogP contribution in [0.5, 0.6) is 5.75 Å². The van der Waals surface area contributed by atoms with E-state index in [1.165, 1.54) is 13.3 Å². The number of carbonyl (C=O) groups excluding carboxylic acids is 1. The fourth-order valence-electron chi connectivity index (χ4n) is 1.06. The van der Waals surface area contributed by atoms with Crippen LogP contribution < -0.4 is 4.74 Å². The number of esters is 1. The lowest BCUT2D eigenvalue weighted by Crippen LogP contribution is -2.24. The highest BCUT2D eigenvalue weighted by atomic mass is 16.5. The summed E-state index contributed by atoms with van der Waals surface area (Å²) in [6, 6.07) is 1.65. The van der Waals surface area contributed by atoms with Gasteiger partial charge in [0, 0.05) is 12.4 Å². The molecule has 0 saturated heterocycles. The molecule has 0 spiro atoms. The van der Waals surface area contributed by atoms with Crippen LogP contribution in [0, 0.1) is 0 Å². The molecule has 0 saturated carbocycles.